The van der Waals surface area contributed by atoms with Crippen molar-refractivity contribution in [1.82, 2.24) is 9.78 Å². The molecule has 7 heteroatoms. The molecular weight excluding hydrogens is 310 g/mol. The van der Waals surface area contributed by atoms with E-state index in [0.717, 1.165) is 10.2 Å². The third-order valence-corrected chi connectivity index (χ3v) is 3.59. The zero-order chi connectivity index (χ0) is 17.1. The summed E-state index contributed by atoms with van der Waals surface area (Å²) in [5.41, 5.74) is 2.11. The van der Waals surface area contributed by atoms with Crippen LogP contribution in [0.25, 0.3) is 11.1 Å². The summed E-state index contributed by atoms with van der Waals surface area (Å²) in [6.07, 6.45) is 0.444. The smallest absolute Gasteiger partial charge is 0.432 e. The maximum absolute atomic E-state index is 11.3. The third-order valence-electron chi connectivity index (χ3n) is 3.59. The average Bonchev–Trinajstić information content (AvgIpc) is 3.00. The number of rotatable bonds is 4. The molecule has 1 aromatic heterocycles. The number of nitrogens with zero attached hydrogens (tertiary/aromatic N) is 3. The van der Waals surface area contributed by atoms with Gasteiger partial charge in [0.1, 0.15) is 0 Å². The number of carboxylic acid groups (broad SMARTS) is 1. The van der Waals surface area contributed by atoms with Crippen LogP contribution in [-0.4, -0.2) is 25.9 Å². The molecule has 0 saturated carbocycles. The zero-order valence-corrected chi connectivity index (χ0v) is 12.5. The summed E-state index contributed by atoms with van der Waals surface area (Å²) in [6, 6.07) is 15.6. The van der Waals surface area contributed by atoms with E-state index in [1.54, 1.807) is 18.2 Å². The monoisotopic (exact) mass is 323 g/mol. The predicted molar refractivity (Wildman–Crippen MR) is 87.0 cm³/mol. The second-order valence-corrected chi connectivity index (χ2v) is 5.15. The molecule has 2 aromatic carbocycles. The number of aromatic nitrogens is 2. The number of hydrogen-bond donors (Lipinski definition) is 1. The highest BCUT2D eigenvalue weighted by Gasteiger charge is 2.21. The maximum atomic E-state index is 11.3. The van der Waals surface area contributed by atoms with Gasteiger partial charge < -0.3 is 5.11 Å². The Morgan fingerprint density at radius 2 is 1.75 bits per heavy atom. The fraction of sp³-hybridized carbons (Fsp3) is 0.0588. The summed E-state index contributed by atoms with van der Waals surface area (Å²) >= 11 is 0. The highest BCUT2D eigenvalue weighted by molar-refractivity contribution is 5.77. The van der Waals surface area contributed by atoms with Crippen LogP contribution in [0.15, 0.2) is 60.8 Å². The number of nitro benzene ring substituents is 1. The molecular formula is C17H13N3O4. The van der Waals surface area contributed by atoms with Gasteiger partial charge in [-0.15, -0.1) is 0 Å². The Bertz CT molecular complexity index is 903. The van der Waals surface area contributed by atoms with Gasteiger partial charge in [-0.3, -0.25) is 10.1 Å². The molecule has 0 saturated heterocycles. The molecule has 3 aromatic rings. The summed E-state index contributed by atoms with van der Waals surface area (Å²) in [4.78, 5) is 22.0. The van der Waals surface area contributed by atoms with Gasteiger partial charge in [-0.2, -0.15) is 9.78 Å². The van der Waals surface area contributed by atoms with Gasteiger partial charge in [0, 0.05) is 24.2 Å². The molecule has 0 unspecified atom stereocenters. The van der Waals surface area contributed by atoms with Gasteiger partial charge in [0.15, 0.2) is 0 Å². The van der Waals surface area contributed by atoms with E-state index in [1.165, 1.54) is 12.3 Å². The highest BCUT2D eigenvalue weighted by Crippen LogP contribution is 2.32. The van der Waals surface area contributed by atoms with Gasteiger partial charge in [-0.05, 0) is 11.6 Å². The fourth-order valence-corrected chi connectivity index (χ4v) is 2.51. The Balaban J connectivity index is 2.13. The predicted octanol–water partition coefficient (Wildman–Crippen LogP) is 3.58. The van der Waals surface area contributed by atoms with Crippen molar-refractivity contribution < 1.29 is 14.8 Å². The van der Waals surface area contributed by atoms with Crippen molar-refractivity contribution in [3.05, 3.63) is 82.2 Å². The molecule has 120 valence electrons. The van der Waals surface area contributed by atoms with Crippen LogP contribution in [0, 0.1) is 10.1 Å². The first-order valence-electron chi connectivity index (χ1n) is 7.16. The van der Waals surface area contributed by atoms with E-state index >= 15 is 0 Å². The molecule has 0 fully saturated rings. The largest absolute Gasteiger partial charge is 0.463 e. The van der Waals surface area contributed by atoms with Crippen molar-refractivity contribution in [2.45, 2.75) is 6.42 Å². The van der Waals surface area contributed by atoms with Gasteiger partial charge in [0.05, 0.1) is 16.2 Å². The number of carbonyl (C=O) groups is 1. The quantitative estimate of drug-likeness (QED) is 0.584. The second kappa shape index (κ2) is 6.33. The van der Waals surface area contributed by atoms with E-state index in [0.29, 0.717) is 23.2 Å². The average molecular weight is 323 g/mol. The van der Waals surface area contributed by atoms with Crippen molar-refractivity contribution in [3.63, 3.8) is 0 Å². The normalized spacial score (nSPS) is 10.5. The van der Waals surface area contributed by atoms with E-state index in [-0.39, 0.29) is 5.69 Å². The molecule has 3 rings (SSSR count). The third kappa shape index (κ3) is 3.00. The highest BCUT2D eigenvalue weighted by atomic mass is 16.6. The minimum atomic E-state index is -1.24. The van der Waals surface area contributed by atoms with E-state index < -0.39 is 11.0 Å². The van der Waals surface area contributed by atoms with Crippen LogP contribution in [0.5, 0.6) is 0 Å². The summed E-state index contributed by atoms with van der Waals surface area (Å²) in [6.45, 7) is 0. The Morgan fingerprint density at radius 1 is 1.08 bits per heavy atom. The van der Waals surface area contributed by atoms with Crippen LogP contribution in [0.4, 0.5) is 10.5 Å². The van der Waals surface area contributed by atoms with Crippen molar-refractivity contribution in [1.29, 1.82) is 0 Å². The molecule has 24 heavy (non-hydrogen) atoms. The first kappa shape index (κ1) is 15.4. The van der Waals surface area contributed by atoms with E-state index in [9.17, 15) is 20.0 Å². The standard InChI is InChI=1S/C17H13N3O4/c21-17(22)19-11-14(13-8-4-5-9-16(13)20(23)24)15(18-19)10-12-6-2-1-3-7-12/h1-9,11H,10H2,(H,21,22). The molecule has 1 N–H and O–H groups in total. The van der Waals surface area contributed by atoms with Crippen molar-refractivity contribution in [3.8, 4) is 11.1 Å². The Morgan fingerprint density at radius 3 is 2.42 bits per heavy atom. The van der Waals surface area contributed by atoms with Crippen LogP contribution in [-0.2, 0) is 6.42 Å². The van der Waals surface area contributed by atoms with Crippen LogP contribution >= 0.6 is 0 Å². The van der Waals surface area contributed by atoms with Gasteiger partial charge in [0.25, 0.3) is 5.69 Å². The minimum Gasteiger partial charge on any atom is -0.463 e. The molecule has 0 aliphatic heterocycles. The molecule has 0 amide bonds. The lowest BCUT2D eigenvalue weighted by atomic mass is 10.0. The summed E-state index contributed by atoms with van der Waals surface area (Å²) in [5.74, 6) is 0. The Labute approximate surface area is 136 Å². The lowest BCUT2D eigenvalue weighted by Crippen LogP contribution is -2.08. The molecule has 0 radical (unpaired) electrons. The van der Waals surface area contributed by atoms with Crippen LogP contribution < -0.4 is 0 Å². The van der Waals surface area contributed by atoms with E-state index in [2.05, 4.69) is 5.10 Å². The molecule has 0 bridgehead atoms. The van der Waals surface area contributed by atoms with E-state index in [4.69, 9.17) is 0 Å². The van der Waals surface area contributed by atoms with Crippen LogP contribution in [0.2, 0.25) is 0 Å². The minimum absolute atomic E-state index is 0.0863. The second-order valence-electron chi connectivity index (χ2n) is 5.15. The molecule has 0 atom stereocenters. The maximum Gasteiger partial charge on any atom is 0.432 e. The van der Waals surface area contributed by atoms with Gasteiger partial charge in [0.2, 0.25) is 0 Å². The van der Waals surface area contributed by atoms with Crippen molar-refractivity contribution in [2.75, 3.05) is 0 Å². The fourth-order valence-electron chi connectivity index (χ4n) is 2.51. The number of benzene rings is 2. The molecule has 7 nitrogen and oxygen atoms in total. The van der Waals surface area contributed by atoms with Gasteiger partial charge in [-0.25, -0.2) is 4.79 Å². The summed E-state index contributed by atoms with van der Waals surface area (Å²) in [5, 5.41) is 24.5. The van der Waals surface area contributed by atoms with Crippen LogP contribution in [0.1, 0.15) is 11.3 Å². The zero-order valence-electron chi connectivity index (χ0n) is 12.5. The van der Waals surface area contributed by atoms with Crippen LogP contribution in [0.3, 0.4) is 0 Å². The Kier molecular flexibility index (Phi) is 4.07. The topological polar surface area (TPSA) is 98.3 Å². The molecule has 0 spiro atoms. The van der Waals surface area contributed by atoms with E-state index in [1.807, 2.05) is 30.3 Å². The molecule has 0 aliphatic rings. The number of nitro groups is 1. The van der Waals surface area contributed by atoms with Gasteiger partial charge >= 0.3 is 6.09 Å². The lowest BCUT2D eigenvalue weighted by Gasteiger charge is -2.04. The Hall–Kier alpha value is -3.48. The number of hydrogen-bond acceptors (Lipinski definition) is 4. The first-order valence-corrected chi connectivity index (χ1v) is 7.16. The summed E-state index contributed by atoms with van der Waals surface area (Å²) in [7, 11) is 0. The lowest BCUT2D eigenvalue weighted by molar-refractivity contribution is -0.384. The van der Waals surface area contributed by atoms with Gasteiger partial charge in [-0.1, -0.05) is 42.5 Å². The number of para-hydroxylation sites is 1. The molecule has 0 aliphatic carbocycles. The van der Waals surface area contributed by atoms with Crippen molar-refractivity contribution in [2.24, 2.45) is 0 Å². The summed E-state index contributed by atoms with van der Waals surface area (Å²) < 4.78 is 0.782. The molecule has 1 heterocycles. The first-order chi connectivity index (χ1) is 11.6. The van der Waals surface area contributed by atoms with Crippen molar-refractivity contribution >= 4 is 11.8 Å². The SMILES string of the molecule is O=C(O)n1cc(-c2ccccc2[N+](=O)[O-])c(Cc2ccccc2)n1.